The molecule has 3 heterocycles. The van der Waals surface area contributed by atoms with E-state index in [2.05, 4.69) is 69.5 Å². The Hall–Kier alpha value is -2.71. The van der Waals surface area contributed by atoms with Crippen LogP contribution >= 0.6 is 0 Å². The Labute approximate surface area is 189 Å². The molecule has 3 aliphatic rings. The Bertz CT molecular complexity index is 935. The lowest BCUT2D eigenvalue weighted by molar-refractivity contribution is 0.0658. The van der Waals surface area contributed by atoms with Gasteiger partial charge in [-0.25, -0.2) is 14.8 Å². The third kappa shape index (κ3) is 3.71. The summed E-state index contributed by atoms with van der Waals surface area (Å²) in [4.78, 5) is 28.2. The van der Waals surface area contributed by atoms with Gasteiger partial charge in [0.2, 0.25) is 5.95 Å². The van der Waals surface area contributed by atoms with Crippen LogP contribution in [0, 0.1) is 0 Å². The zero-order chi connectivity index (χ0) is 22.2. The molecule has 8 nitrogen and oxygen atoms in total. The van der Waals surface area contributed by atoms with E-state index in [4.69, 9.17) is 4.74 Å². The number of carbonyl (C=O) groups is 1. The first-order chi connectivity index (χ1) is 15.5. The van der Waals surface area contributed by atoms with Crippen molar-refractivity contribution in [2.24, 2.45) is 0 Å². The summed E-state index contributed by atoms with van der Waals surface area (Å²) >= 11 is 0. The van der Waals surface area contributed by atoms with E-state index in [0.29, 0.717) is 25.7 Å². The number of hydrogen-bond acceptors (Lipinski definition) is 6. The molecule has 1 aromatic carbocycles. The van der Waals surface area contributed by atoms with Crippen molar-refractivity contribution in [2.75, 3.05) is 56.7 Å². The molecule has 2 aliphatic heterocycles. The van der Waals surface area contributed by atoms with Crippen molar-refractivity contribution in [3.05, 3.63) is 48.3 Å². The fourth-order valence-corrected chi connectivity index (χ4v) is 5.47. The number of aromatic nitrogens is 2. The van der Waals surface area contributed by atoms with E-state index in [9.17, 15) is 4.79 Å². The van der Waals surface area contributed by atoms with Gasteiger partial charge in [-0.05, 0) is 45.3 Å². The average molecular weight is 437 g/mol. The van der Waals surface area contributed by atoms with Gasteiger partial charge in [0, 0.05) is 18.6 Å². The predicted octanol–water partition coefficient (Wildman–Crippen LogP) is 2.61. The molecule has 0 atom stereocenters. The van der Waals surface area contributed by atoms with Crippen molar-refractivity contribution < 1.29 is 9.53 Å². The molecule has 1 aliphatic carbocycles. The van der Waals surface area contributed by atoms with Gasteiger partial charge in [0.25, 0.3) is 0 Å². The van der Waals surface area contributed by atoms with Crippen LogP contribution in [0.3, 0.4) is 0 Å². The quantitative estimate of drug-likeness (QED) is 0.794. The molecule has 8 heteroatoms. The van der Waals surface area contributed by atoms with E-state index in [1.165, 1.54) is 5.56 Å². The maximum atomic E-state index is 12.9. The van der Waals surface area contributed by atoms with Crippen molar-refractivity contribution in [1.29, 1.82) is 0 Å². The van der Waals surface area contributed by atoms with Crippen LogP contribution in [0.5, 0.6) is 0 Å². The molecule has 2 aromatic rings. The van der Waals surface area contributed by atoms with Gasteiger partial charge in [-0.1, -0.05) is 30.3 Å². The molecule has 0 bridgehead atoms. The first-order valence-corrected chi connectivity index (χ1v) is 11.5. The van der Waals surface area contributed by atoms with E-state index in [1.54, 1.807) is 17.3 Å². The standard InChI is InChI=1S/C24H32N6O2/c1-28(2)24(19-6-4-3-5-7-19)10-8-23(9-11-24)18-30(22(31)27-23)20-16-25-21(26-17-20)29-12-14-32-15-13-29/h3-7,16-17H,8-15,18H2,1-2H3,(H,27,31)/t23-,24+. The molecule has 0 radical (unpaired) electrons. The zero-order valence-corrected chi connectivity index (χ0v) is 19.0. The second-order valence-electron chi connectivity index (χ2n) is 9.43. The number of hydrogen-bond donors (Lipinski definition) is 1. The molecule has 170 valence electrons. The number of nitrogens with zero attached hydrogens (tertiary/aromatic N) is 5. The summed E-state index contributed by atoms with van der Waals surface area (Å²) < 4.78 is 5.40. The van der Waals surface area contributed by atoms with E-state index in [1.807, 2.05) is 0 Å². The predicted molar refractivity (Wildman–Crippen MR) is 124 cm³/mol. The third-order valence-corrected chi connectivity index (χ3v) is 7.51. The number of amides is 2. The largest absolute Gasteiger partial charge is 0.378 e. The van der Waals surface area contributed by atoms with Crippen molar-refractivity contribution in [3.63, 3.8) is 0 Å². The van der Waals surface area contributed by atoms with E-state index < -0.39 is 0 Å². The highest BCUT2D eigenvalue weighted by molar-refractivity contribution is 5.95. The van der Waals surface area contributed by atoms with Crippen LogP contribution in [0.15, 0.2) is 42.7 Å². The van der Waals surface area contributed by atoms with Crippen LogP contribution in [0.2, 0.25) is 0 Å². The fraction of sp³-hybridized carbons (Fsp3) is 0.542. The van der Waals surface area contributed by atoms with Crippen LogP contribution < -0.4 is 15.1 Å². The van der Waals surface area contributed by atoms with Gasteiger partial charge in [0.15, 0.2) is 0 Å². The third-order valence-electron chi connectivity index (χ3n) is 7.51. The van der Waals surface area contributed by atoms with E-state index in [-0.39, 0.29) is 17.1 Å². The fourth-order valence-electron chi connectivity index (χ4n) is 5.47. The van der Waals surface area contributed by atoms with Crippen molar-refractivity contribution >= 4 is 17.7 Å². The molecule has 3 fully saturated rings. The maximum Gasteiger partial charge on any atom is 0.322 e. The normalized spacial score (nSPS) is 28.4. The Balaban J connectivity index is 1.30. The first kappa shape index (κ1) is 21.2. The van der Waals surface area contributed by atoms with Gasteiger partial charge in [0.1, 0.15) is 0 Å². The topological polar surface area (TPSA) is 73.8 Å². The Morgan fingerprint density at radius 3 is 2.28 bits per heavy atom. The smallest absolute Gasteiger partial charge is 0.322 e. The molecule has 1 spiro atoms. The van der Waals surface area contributed by atoms with Crippen LogP contribution in [-0.4, -0.2) is 73.4 Å². The zero-order valence-electron chi connectivity index (χ0n) is 19.0. The minimum absolute atomic E-state index is 0.00751. The lowest BCUT2D eigenvalue weighted by Crippen LogP contribution is -2.54. The van der Waals surface area contributed by atoms with Gasteiger partial charge in [-0.2, -0.15) is 0 Å². The summed E-state index contributed by atoms with van der Waals surface area (Å²) in [7, 11) is 4.33. The number of ether oxygens (including phenoxy) is 1. The van der Waals surface area contributed by atoms with Crippen molar-refractivity contribution in [1.82, 2.24) is 20.2 Å². The van der Waals surface area contributed by atoms with Crippen molar-refractivity contribution in [2.45, 2.75) is 36.8 Å². The number of morpholine rings is 1. The maximum absolute atomic E-state index is 12.9. The number of carbonyl (C=O) groups excluding carboxylic acids is 1. The van der Waals surface area contributed by atoms with Gasteiger partial charge >= 0.3 is 6.03 Å². The van der Waals surface area contributed by atoms with Crippen LogP contribution in [0.4, 0.5) is 16.4 Å². The molecule has 1 N–H and O–H groups in total. The highest BCUT2D eigenvalue weighted by Crippen LogP contribution is 2.46. The molecular weight excluding hydrogens is 404 g/mol. The van der Waals surface area contributed by atoms with Crippen LogP contribution in [0.25, 0.3) is 0 Å². The highest BCUT2D eigenvalue weighted by Gasteiger charge is 2.50. The van der Waals surface area contributed by atoms with Gasteiger partial charge in [-0.3, -0.25) is 9.80 Å². The highest BCUT2D eigenvalue weighted by atomic mass is 16.5. The number of urea groups is 1. The molecule has 2 saturated heterocycles. The minimum atomic E-state index is -0.200. The first-order valence-electron chi connectivity index (χ1n) is 11.5. The molecule has 0 unspecified atom stereocenters. The molecular formula is C24H32N6O2. The summed E-state index contributed by atoms with van der Waals surface area (Å²) in [6.07, 6.45) is 7.43. The van der Waals surface area contributed by atoms with Crippen LogP contribution in [-0.2, 0) is 10.3 Å². The number of anilines is 2. The Kier molecular flexibility index (Phi) is 5.51. The summed E-state index contributed by atoms with van der Waals surface area (Å²) in [6, 6.07) is 10.7. The Morgan fingerprint density at radius 1 is 1.00 bits per heavy atom. The second-order valence-corrected chi connectivity index (χ2v) is 9.43. The summed E-state index contributed by atoms with van der Waals surface area (Å²) in [5, 5.41) is 3.31. The van der Waals surface area contributed by atoms with Gasteiger partial charge in [-0.15, -0.1) is 0 Å². The van der Waals surface area contributed by atoms with Crippen molar-refractivity contribution in [3.8, 4) is 0 Å². The second kappa shape index (κ2) is 8.33. The molecule has 1 aromatic heterocycles. The summed E-state index contributed by atoms with van der Waals surface area (Å²) in [5.74, 6) is 0.697. The van der Waals surface area contributed by atoms with E-state index in [0.717, 1.165) is 44.5 Å². The monoisotopic (exact) mass is 436 g/mol. The van der Waals surface area contributed by atoms with Gasteiger partial charge in [0.05, 0.1) is 43.4 Å². The van der Waals surface area contributed by atoms with Crippen LogP contribution in [0.1, 0.15) is 31.2 Å². The summed E-state index contributed by atoms with van der Waals surface area (Å²) in [6.45, 7) is 3.63. The number of benzene rings is 1. The molecule has 32 heavy (non-hydrogen) atoms. The molecule has 1 saturated carbocycles. The Morgan fingerprint density at radius 2 is 1.66 bits per heavy atom. The molecule has 2 amide bonds. The molecule has 5 rings (SSSR count). The minimum Gasteiger partial charge on any atom is -0.378 e. The average Bonchev–Trinajstić information content (AvgIpc) is 3.16. The SMILES string of the molecule is CN(C)[C@]1(c2ccccc2)CC[C@]2(CC1)CN(c1cnc(N3CCOCC3)nc1)C(=O)N2. The lowest BCUT2D eigenvalue weighted by Gasteiger charge is -2.48. The van der Waals surface area contributed by atoms with E-state index >= 15 is 0 Å². The lowest BCUT2D eigenvalue weighted by atomic mass is 9.69. The van der Waals surface area contributed by atoms with Gasteiger partial charge < -0.3 is 15.0 Å². The number of rotatable bonds is 4. The number of nitrogens with one attached hydrogen (secondary N) is 1. The summed E-state index contributed by atoms with van der Waals surface area (Å²) in [5.41, 5.74) is 1.92.